The maximum Gasteiger partial charge on any atom is 0.365 e. The molecule has 0 saturated carbocycles. The fourth-order valence-electron chi connectivity index (χ4n) is 4.63. The number of aliphatic imine (C=N–C) groups is 1. The number of nitriles is 1. The van der Waals surface area contributed by atoms with Crippen LogP contribution >= 0.6 is 23.2 Å². The van der Waals surface area contributed by atoms with E-state index in [0.29, 0.717) is 11.8 Å². The van der Waals surface area contributed by atoms with Crippen molar-refractivity contribution in [3.8, 4) is 6.07 Å². The monoisotopic (exact) mass is 564 g/mol. The number of benzene rings is 3. The largest absolute Gasteiger partial charge is 0.368 e. The van der Waals surface area contributed by atoms with Gasteiger partial charge in [-0.1, -0.05) is 47.5 Å². The van der Waals surface area contributed by atoms with Crippen molar-refractivity contribution in [2.24, 2.45) is 4.99 Å². The zero-order valence-electron chi connectivity index (χ0n) is 20.2. The Hall–Kier alpha value is -4.43. The van der Waals surface area contributed by atoms with Crippen LogP contribution in [0.15, 0.2) is 71.7 Å². The molecule has 4 aromatic rings. The lowest BCUT2D eigenvalue weighted by Gasteiger charge is -2.39. The molecule has 0 radical (unpaired) electrons. The number of quaternary nitrogens is 1. The Morgan fingerprint density at radius 3 is 2.36 bits per heavy atom. The number of fused-ring (bicyclic) bond motifs is 1. The molecule has 2 atom stereocenters. The standard InChI is InChI=1S/C27H18Cl2F2N7O/c1-14(34-24-19(13-32)23(29)36-27(33)37-24)25-35-21-9-5-8-20(28)22(21)26(39)38(25,17-6-3-2-4-7-17)18-11-15(30)10-16(31)12-18/h2-12,14H,1H3,(H3,33,34,36,37)/q+1/t14?,38-/m0/s1. The van der Waals surface area contributed by atoms with Crippen LogP contribution < -0.4 is 15.5 Å². The molecule has 8 nitrogen and oxygen atoms in total. The quantitative estimate of drug-likeness (QED) is 0.210. The minimum Gasteiger partial charge on any atom is -0.368 e. The number of carbonyl (C=O) groups excluding carboxylic acids is 1. The third-order valence-electron chi connectivity index (χ3n) is 6.20. The molecule has 0 fully saturated rings. The Bertz CT molecular complexity index is 1690. The van der Waals surface area contributed by atoms with E-state index in [1.807, 2.05) is 6.07 Å². The first-order valence-electron chi connectivity index (χ1n) is 11.5. The first kappa shape index (κ1) is 26.2. The fraction of sp³-hybridized carbons (Fsp3) is 0.0741. The molecule has 1 aromatic heterocycles. The Morgan fingerprint density at radius 1 is 1.00 bits per heavy atom. The molecule has 39 heavy (non-hydrogen) atoms. The summed E-state index contributed by atoms with van der Waals surface area (Å²) in [5.41, 5.74) is 6.31. The smallest absolute Gasteiger partial charge is 0.365 e. The Balaban J connectivity index is 1.84. The van der Waals surface area contributed by atoms with Crippen molar-refractivity contribution in [3.63, 3.8) is 0 Å². The first-order chi connectivity index (χ1) is 18.7. The predicted octanol–water partition coefficient (Wildman–Crippen LogP) is 6.54. The molecule has 1 aliphatic rings. The topological polar surface area (TPSA) is 117 Å². The van der Waals surface area contributed by atoms with Gasteiger partial charge in [-0.25, -0.2) is 13.6 Å². The van der Waals surface area contributed by atoms with Gasteiger partial charge in [0.05, 0.1) is 10.7 Å². The third-order valence-corrected chi connectivity index (χ3v) is 6.79. The number of hydrogen-bond acceptors (Lipinski definition) is 7. The number of rotatable bonds is 5. The molecule has 0 spiro atoms. The van der Waals surface area contributed by atoms with E-state index in [2.05, 4.69) is 15.3 Å². The Labute approximate surface area is 231 Å². The van der Waals surface area contributed by atoms with Crippen molar-refractivity contribution in [2.45, 2.75) is 13.0 Å². The van der Waals surface area contributed by atoms with E-state index < -0.39 is 28.1 Å². The average Bonchev–Trinajstić information content (AvgIpc) is 2.88. The molecule has 0 aliphatic carbocycles. The maximum absolute atomic E-state index is 14.7. The van der Waals surface area contributed by atoms with Crippen molar-refractivity contribution in [2.75, 3.05) is 11.1 Å². The minimum atomic E-state index is -0.890. The highest BCUT2D eigenvalue weighted by Crippen LogP contribution is 2.46. The number of para-hydroxylation sites is 1. The van der Waals surface area contributed by atoms with Crippen LogP contribution in [0.3, 0.4) is 0 Å². The SMILES string of the molecule is CC(Nc1nc(N)nc(Cl)c1C#N)C1=Nc2cccc(Cl)c2C(=O)[N@@+]1(c1ccccc1)c1cc(F)cc(F)c1. The molecular weight excluding hydrogens is 547 g/mol. The summed E-state index contributed by atoms with van der Waals surface area (Å²) >= 11 is 12.6. The summed E-state index contributed by atoms with van der Waals surface area (Å²) in [4.78, 5) is 27.3. The third kappa shape index (κ3) is 4.36. The molecule has 12 heteroatoms. The van der Waals surface area contributed by atoms with Crippen molar-refractivity contribution >= 4 is 63.8 Å². The van der Waals surface area contributed by atoms with E-state index in [-0.39, 0.29) is 50.3 Å². The van der Waals surface area contributed by atoms with Crippen LogP contribution in [0.5, 0.6) is 0 Å². The zero-order valence-corrected chi connectivity index (χ0v) is 21.7. The van der Waals surface area contributed by atoms with Crippen LogP contribution in [0.25, 0.3) is 0 Å². The molecule has 5 rings (SSSR count). The molecule has 2 heterocycles. The molecule has 0 bridgehead atoms. The number of halogens is 4. The van der Waals surface area contributed by atoms with Crippen LogP contribution in [0.1, 0.15) is 22.8 Å². The van der Waals surface area contributed by atoms with E-state index in [4.69, 9.17) is 33.9 Å². The number of nitrogens with zero attached hydrogens (tertiary/aromatic N) is 5. The van der Waals surface area contributed by atoms with E-state index in [1.54, 1.807) is 49.4 Å². The number of carbonyl (C=O) groups is 1. The Morgan fingerprint density at radius 2 is 1.69 bits per heavy atom. The lowest BCUT2D eigenvalue weighted by Crippen LogP contribution is -2.60. The minimum absolute atomic E-state index is 0.00822. The highest BCUT2D eigenvalue weighted by molar-refractivity contribution is 6.38. The van der Waals surface area contributed by atoms with Crippen LogP contribution in [0, 0.1) is 23.0 Å². The highest BCUT2D eigenvalue weighted by Gasteiger charge is 2.54. The van der Waals surface area contributed by atoms with Gasteiger partial charge in [-0.3, -0.25) is 0 Å². The summed E-state index contributed by atoms with van der Waals surface area (Å²) in [5, 5.41) is 12.7. The summed E-state index contributed by atoms with van der Waals surface area (Å²) in [6.45, 7) is 1.65. The zero-order chi connectivity index (χ0) is 27.9. The number of amides is 1. The van der Waals surface area contributed by atoms with Crippen LogP contribution in [-0.2, 0) is 0 Å². The van der Waals surface area contributed by atoms with Gasteiger partial charge >= 0.3 is 5.91 Å². The van der Waals surface area contributed by atoms with Crippen molar-refractivity contribution in [1.82, 2.24) is 14.5 Å². The lowest BCUT2D eigenvalue weighted by atomic mass is 10.00. The number of amidine groups is 1. The molecular formula is C27H18Cl2F2N7O+. The summed E-state index contributed by atoms with van der Waals surface area (Å²) in [6, 6.07) is 17.1. The summed E-state index contributed by atoms with van der Waals surface area (Å²) in [7, 11) is 0. The second-order valence-corrected chi connectivity index (χ2v) is 9.38. The van der Waals surface area contributed by atoms with Crippen LogP contribution in [0.2, 0.25) is 10.2 Å². The van der Waals surface area contributed by atoms with Gasteiger partial charge in [0.15, 0.2) is 22.3 Å². The van der Waals surface area contributed by atoms with Gasteiger partial charge in [0.1, 0.15) is 34.9 Å². The van der Waals surface area contributed by atoms with Gasteiger partial charge in [0.2, 0.25) is 11.8 Å². The molecule has 1 unspecified atom stereocenters. The van der Waals surface area contributed by atoms with E-state index >= 15 is 0 Å². The number of nitrogens with two attached hydrogens (primary N) is 1. The summed E-state index contributed by atoms with van der Waals surface area (Å²) in [5.74, 6) is -2.46. The summed E-state index contributed by atoms with van der Waals surface area (Å²) in [6.07, 6.45) is 0. The highest BCUT2D eigenvalue weighted by atomic mass is 35.5. The second kappa shape index (κ2) is 10.0. The van der Waals surface area contributed by atoms with E-state index in [1.165, 1.54) is 6.07 Å². The van der Waals surface area contributed by atoms with Gasteiger partial charge in [-0.05, 0) is 19.1 Å². The Kier molecular flexibility index (Phi) is 6.74. The molecule has 3 N–H and O–H groups in total. The van der Waals surface area contributed by atoms with Gasteiger partial charge < -0.3 is 11.1 Å². The number of aromatic nitrogens is 2. The van der Waals surface area contributed by atoms with Crippen molar-refractivity contribution in [1.29, 1.82) is 5.26 Å². The number of nitrogens with one attached hydrogen (secondary N) is 1. The second-order valence-electron chi connectivity index (χ2n) is 8.62. The maximum atomic E-state index is 14.7. The van der Waals surface area contributed by atoms with Crippen molar-refractivity contribution in [3.05, 3.63) is 99.7 Å². The number of anilines is 2. The van der Waals surface area contributed by atoms with Crippen LogP contribution in [-0.4, -0.2) is 27.8 Å². The van der Waals surface area contributed by atoms with Gasteiger partial charge in [-0.2, -0.15) is 20.2 Å². The lowest BCUT2D eigenvalue weighted by molar-refractivity contribution is 0.0891. The number of hydrogen-bond donors (Lipinski definition) is 2. The number of nitrogen functional groups attached to an aromatic ring is 1. The fourth-order valence-corrected chi connectivity index (χ4v) is 5.10. The molecule has 194 valence electrons. The van der Waals surface area contributed by atoms with Crippen molar-refractivity contribution < 1.29 is 13.6 Å². The predicted molar refractivity (Wildman–Crippen MR) is 146 cm³/mol. The van der Waals surface area contributed by atoms with Gasteiger partial charge in [0, 0.05) is 30.3 Å². The van der Waals surface area contributed by atoms with Gasteiger partial charge in [0.25, 0.3) is 0 Å². The molecule has 3 aromatic carbocycles. The van der Waals surface area contributed by atoms with E-state index in [0.717, 1.165) is 12.1 Å². The molecule has 0 saturated heterocycles. The molecule has 1 aliphatic heterocycles. The average molecular weight is 565 g/mol. The summed E-state index contributed by atoms with van der Waals surface area (Å²) < 4.78 is 28.6. The van der Waals surface area contributed by atoms with E-state index in [9.17, 15) is 18.8 Å². The molecule has 1 amide bonds. The normalized spacial score (nSPS) is 17.1. The van der Waals surface area contributed by atoms with Gasteiger partial charge in [-0.15, -0.1) is 4.48 Å². The van der Waals surface area contributed by atoms with Crippen LogP contribution in [0.4, 0.5) is 37.6 Å². The first-order valence-corrected chi connectivity index (χ1v) is 12.3.